The normalized spacial score (nSPS) is 11.0. The van der Waals surface area contributed by atoms with Gasteiger partial charge in [-0.3, -0.25) is 14.2 Å². The van der Waals surface area contributed by atoms with Gasteiger partial charge < -0.3 is 9.73 Å². The first-order valence-electron chi connectivity index (χ1n) is 9.26. The lowest BCUT2D eigenvalue weighted by Gasteiger charge is -2.14. The number of aromatic nitrogens is 2. The fourth-order valence-corrected chi connectivity index (χ4v) is 3.40. The standard InChI is InChI=1S/C22H18ClN3O4/c1-14-8-9-15(11-18(14)23)26-21(28)17-6-2-3-7-19(17)25(22(26)29)13-20(27)24-12-16-5-4-10-30-16/h2-11H,12-13H2,1H3,(H,24,27). The highest BCUT2D eigenvalue weighted by molar-refractivity contribution is 6.31. The van der Waals surface area contributed by atoms with Gasteiger partial charge in [0.05, 0.1) is 29.4 Å². The number of furan rings is 1. The van der Waals surface area contributed by atoms with Crippen LogP contribution in [-0.4, -0.2) is 15.0 Å². The Kier molecular flexibility index (Phi) is 5.29. The van der Waals surface area contributed by atoms with Gasteiger partial charge in [0.25, 0.3) is 5.56 Å². The van der Waals surface area contributed by atoms with E-state index in [1.54, 1.807) is 54.6 Å². The number of halogens is 1. The van der Waals surface area contributed by atoms with E-state index < -0.39 is 11.2 Å². The summed E-state index contributed by atoms with van der Waals surface area (Å²) in [5, 5.41) is 3.48. The van der Waals surface area contributed by atoms with E-state index in [-0.39, 0.29) is 19.0 Å². The van der Waals surface area contributed by atoms with Crippen LogP contribution in [0.4, 0.5) is 0 Å². The Labute approximate surface area is 176 Å². The van der Waals surface area contributed by atoms with Crippen LogP contribution >= 0.6 is 11.6 Å². The lowest BCUT2D eigenvalue weighted by atomic mass is 10.2. The molecular weight excluding hydrogens is 406 g/mol. The molecule has 152 valence electrons. The molecular formula is C22H18ClN3O4. The molecule has 30 heavy (non-hydrogen) atoms. The van der Waals surface area contributed by atoms with Crippen molar-refractivity contribution in [2.24, 2.45) is 0 Å². The number of hydrogen-bond donors (Lipinski definition) is 1. The van der Waals surface area contributed by atoms with E-state index in [1.807, 2.05) is 6.92 Å². The van der Waals surface area contributed by atoms with E-state index in [9.17, 15) is 14.4 Å². The summed E-state index contributed by atoms with van der Waals surface area (Å²) >= 11 is 6.20. The second-order valence-electron chi connectivity index (χ2n) is 6.82. The number of aryl methyl sites for hydroxylation is 1. The first-order valence-corrected chi connectivity index (χ1v) is 9.63. The van der Waals surface area contributed by atoms with Crippen molar-refractivity contribution in [3.8, 4) is 5.69 Å². The van der Waals surface area contributed by atoms with Gasteiger partial charge in [0, 0.05) is 5.02 Å². The SMILES string of the molecule is Cc1ccc(-n2c(=O)c3ccccc3n(CC(=O)NCc3ccco3)c2=O)cc1Cl. The first-order chi connectivity index (χ1) is 14.5. The number of carbonyl (C=O) groups excluding carboxylic acids is 1. The molecule has 1 amide bonds. The quantitative estimate of drug-likeness (QED) is 0.534. The summed E-state index contributed by atoms with van der Waals surface area (Å²) in [6.07, 6.45) is 1.52. The lowest BCUT2D eigenvalue weighted by molar-refractivity contribution is -0.121. The number of benzene rings is 2. The third-order valence-corrected chi connectivity index (χ3v) is 5.21. The van der Waals surface area contributed by atoms with E-state index >= 15 is 0 Å². The molecule has 0 aliphatic carbocycles. The number of nitrogens with zero attached hydrogens (tertiary/aromatic N) is 2. The number of hydrogen-bond acceptors (Lipinski definition) is 4. The number of carbonyl (C=O) groups is 1. The Balaban J connectivity index is 1.80. The summed E-state index contributed by atoms with van der Waals surface area (Å²) in [4.78, 5) is 38.8. The summed E-state index contributed by atoms with van der Waals surface area (Å²) in [7, 11) is 0. The van der Waals surface area contributed by atoms with Gasteiger partial charge in [-0.2, -0.15) is 0 Å². The van der Waals surface area contributed by atoms with Crippen molar-refractivity contribution in [1.29, 1.82) is 0 Å². The van der Waals surface area contributed by atoms with E-state index in [0.717, 1.165) is 10.1 Å². The van der Waals surface area contributed by atoms with Crippen molar-refractivity contribution in [3.05, 3.63) is 98.0 Å². The maximum Gasteiger partial charge on any atom is 0.336 e. The number of fused-ring (bicyclic) bond motifs is 1. The first kappa shape index (κ1) is 19.7. The van der Waals surface area contributed by atoms with Gasteiger partial charge in [0.15, 0.2) is 0 Å². The maximum absolute atomic E-state index is 13.3. The van der Waals surface area contributed by atoms with Crippen molar-refractivity contribution in [2.45, 2.75) is 20.0 Å². The van der Waals surface area contributed by atoms with Crippen molar-refractivity contribution in [3.63, 3.8) is 0 Å². The molecule has 0 spiro atoms. The zero-order valence-corrected chi connectivity index (χ0v) is 16.8. The number of rotatable bonds is 5. The topological polar surface area (TPSA) is 86.2 Å². The van der Waals surface area contributed by atoms with E-state index in [4.69, 9.17) is 16.0 Å². The molecule has 0 unspecified atom stereocenters. The highest BCUT2D eigenvalue weighted by Crippen LogP contribution is 2.18. The van der Waals surface area contributed by atoms with Gasteiger partial charge >= 0.3 is 5.69 Å². The van der Waals surface area contributed by atoms with Gasteiger partial charge in [-0.25, -0.2) is 9.36 Å². The second kappa shape index (κ2) is 8.04. The highest BCUT2D eigenvalue weighted by Gasteiger charge is 2.17. The molecule has 0 saturated heterocycles. The van der Waals surface area contributed by atoms with Gasteiger partial charge in [-0.1, -0.05) is 29.8 Å². The van der Waals surface area contributed by atoms with E-state index in [0.29, 0.717) is 27.4 Å². The fraction of sp³-hybridized carbons (Fsp3) is 0.136. The molecule has 4 rings (SSSR count). The Morgan fingerprint density at radius 1 is 1.10 bits per heavy atom. The minimum absolute atomic E-state index is 0.200. The Morgan fingerprint density at radius 2 is 1.90 bits per heavy atom. The van der Waals surface area contributed by atoms with Crippen LogP contribution in [0.15, 0.2) is 74.9 Å². The molecule has 0 radical (unpaired) electrons. The molecule has 2 aromatic carbocycles. The van der Waals surface area contributed by atoms with Crippen LogP contribution in [-0.2, 0) is 17.9 Å². The van der Waals surface area contributed by atoms with Crippen molar-refractivity contribution in [2.75, 3.05) is 0 Å². The Bertz CT molecular complexity index is 1350. The molecule has 0 atom stereocenters. The van der Waals surface area contributed by atoms with Crippen LogP contribution in [0.2, 0.25) is 5.02 Å². The van der Waals surface area contributed by atoms with E-state index in [2.05, 4.69) is 5.32 Å². The molecule has 0 fully saturated rings. The van der Waals surface area contributed by atoms with E-state index in [1.165, 1.54) is 10.8 Å². The highest BCUT2D eigenvalue weighted by atomic mass is 35.5. The molecule has 0 saturated carbocycles. The monoisotopic (exact) mass is 423 g/mol. The second-order valence-corrected chi connectivity index (χ2v) is 7.22. The van der Waals surface area contributed by atoms with Crippen LogP contribution in [0, 0.1) is 6.92 Å². The molecule has 0 bridgehead atoms. The van der Waals surface area contributed by atoms with Crippen molar-refractivity contribution >= 4 is 28.4 Å². The zero-order chi connectivity index (χ0) is 21.3. The number of para-hydroxylation sites is 1. The Morgan fingerprint density at radius 3 is 2.63 bits per heavy atom. The van der Waals surface area contributed by atoms with Gasteiger partial charge in [0.1, 0.15) is 12.3 Å². The van der Waals surface area contributed by atoms with Crippen LogP contribution < -0.4 is 16.6 Å². The van der Waals surface area contributed by atoms with Crippen LogP contribution in [0.1, 0.15) is 11.3 Å². The summed E-state index contributed by atoms with van der Waals surface area (Å²) in [6.45, 7) is 1.78. The molecule has 1 N–H and O–H groups in total. The number of amides is 1. The number of nitrogens with one attached hydrogen (secondary N) is 1. The fourth-order valence-electron chi connectivity index (χ4n) is 3.22. The molecule has 7 nitrogen and oxygen atoms in total. The van der Waals surface area contributed by atoms with Gasteiger partial charge in [-0.15, -0.1) is 0 Å². The van der Waals surface area contributed by atoms with Crippen molar-refractivity contribution in [1.82, 2.24) is 14.5 Å². The van der Waals surface area contributed by atoms with Gasteiger partial charge in [0.2, 0.25) is 5.91 Å². The molecule has 2 heterocycles. The largest absolute Gasteiger partial charge is 0.467 e. The van der Waals surface area contributed by atoms with Crippen LogP contribution in [0.25, 0.3) is 16.6 Å². The Hall–Kier alpha value is -3.58. The summed E-state index contributed by atoms with van der Waals surface area (Å²) < 4.78 is 7.52. The molecule has 2 aromatic heterocycles. The average molecular weight is 424 g/mol. The molecule has 4 aromatic rings. The predicted octanol–water partition coefficient (Wildman–Crippen LogP) is 3.02. The maximum atomic E-state index is 13.3. The smallest absolute Gasteiger partial charge is 0.336 e. The van der Waals surface area contributed by atoms with Gasteiger partial charge in [-0.05, 0) is 48.9 Å². The summed E-state index contributed by atoms with van der Waals surface area (Å²) in [5.74, 6) is 0.214. The minimum Gasteiger partial charge on any atom is -0.467 e. The zero-order valence-electron chi connectivity index (χ0n) is 16.1. The average Bonchev–Trinajstić information content (AvgIpc) is 3.26. The molecule has 0 aliphatic heterocycles. The molecule has 0 aliphatic rings. The summed E-state index contributed by atoms with van der Waals surface area (Å²) in [5.41, 5.74) is 0.465. The van der Waals surface area contributed by atoms with Crippen LogP contribution in [0.3, 0.4) is 0 Å². The predicted molar refractivity (Wildman–Crippen MR) is 114 cm³/mol. The van der Waals surface area contributed by atoms with Crippen molar-refractivity contribution < 1.29 is 9.21 Å². The molecule has 8 heteroatoms. The third-order valence-electron chi connectivity index (χ3n) is 4.81. The minimum atomic E-state index is -0.619. The summed E-state index contributed by atoms with van der Waals surface area (Å²) in [6, 6.07) is 15.1. The van der Waals surface area contributed by atoms with Crippen LogP contribution in [0.5, 0.6) is 0 Å². The third kappa shape index (κ3) is 3.67. The lowest BCUT2D eigenvalue weighted by Crippen LogP contribution is -2.41.